The average molecular weight is 607 g/mol. The van der Waals surface area contributed by atoms with Crippen LogP contribution in [0.15, 0.2) is 65.6 Å². The minimum atomic E-state index is -4.23. The number of aryl methyl sites for hydroxylation is 2. The molecule has 0 heterocycles. The molecular weight excluding hydrogens is 573 g/mol. The smallest absolute Gasteiger partial charge is 0.264 e. The first-order valence-corrected chi connectivity index (χ1v) is 14.8. The highest BCUT2D eigenvalue weighted by Gasteiger charge is 2.34. The molecule has 11 heteroatoms. The Morgan fingerprint density at radius 2 is 1.62 bits per heavy atom. The Kier molecular flexibility index (Phi) is 10.5. The van der Waals surface area contributed by atoms with Gasteiger partial charge in [0.25, 0.3) is 10.0 Å². The number of hydrogen-bond acceptors (Lipinski definition) is 5. The van der Waals surface area contributed by atoms with Crippen molar-refractivity contribution in [3.8, 4) is 5.75 Å². The van der Waals surface area contributed by atoms with E-state index >= 15 is 0 Å². The predicted molar refractivity (Wildman–Crippen MR) is 159 cm³/mol. The van der Waals surface area contributed by atoms with Crippen molar-refractivity contribution in [3.63, 3.8) is 0 Å². The van der Waals surface area contributed by atoms with Crippen molar-refractivity contribution in [2.24, 2.45) is 0 Å². The van der Waals surface area contributed by atoms with Crippen LogP contribution in [0.5, 0.6) is 5.75 Å². The zero-order chi connectivity index (χ0) is 29.6. The van der Waals surface area contributed by atoms with Gasteiger partial charge in [0.1, 0.15) is 18.3 Å². The molecule has 8 nitrogen and oxygen atoms in total. The van der Waals surface area contributed by atoms with E-state index < -0.39 is 28.5 Å². The van der Waals surface area contributed by atoms with E-state index in [1.807, 2.05) is 13.8 Å². The zero-order valence-corrected chi connectivity index (χ0v) is 25.4. The molecule has 0 bridgehead atoms. The van der Waals surface area contributed by atoms with E-state index in [-0.39, 0.29) is 35.2 Å². The molecule has 1 unspecified atom stereocenters. The molecule has 2 amide bonds. The summed E-state index contributed by atoms with van der Waals surface area (Å²) in [5, 5.41) is 3.34. The summed E-state index contributed by atoms with van der Waals surface area (Å²) in [6.45, 7) is 4.81. The maximum absolute atomic E-state index is 14.1. The van der Waals surface area contributed by atoms with E-state index in [2.05, 4.69) is 5.32 Å². The van der Waals surface area contributed by atoms with Crippen LogP contribution in [-0.2, 0) is 26.2 Å². The first kappa shape index (κ1) is 31.3. The second kappa shape index (κ2) is 13.4. The quantitative estimate of drug-likeness (QED) is 0.317. The van der Waals surface area contributed by atoms with Gasteiger partial charge in [0.2, 0.25) is 11.8 Å². The lowest BCUT2D eigenvalue weighted by atomic mass is 10.1. The van der Waals surface area contributed by atoms with Crippen molar-refractivity contribution < 1.29 is 22.7 Å². The van der Waals surface area contributed by atoms with Crippen molar-refractivity contribution in [2.75, 3.05) is 25.0 Å². The molecule has 0 aliphatic heterocycles. The topological polar surface area (TPSA) is 96.0 Å². The molecule has 1 N–H and O–H groups in total. The number of sulfonamides is 1. The van der Waals surface area contributed by atoms with Gasteiger partial charge in [0, 0.05) is 23.6 Å². The van der Waals surface area contributed by atoms with Crippen molar-refractivity contribution in [3.05, 3.63) is 87.4 Å². The van der Waals surface area contributed by atoms with Crippen molar-refractivity contribution in [1.29, 1.82) is 0 Å². The van der Waals surface area contributed by atoms with Gasteiger partial charge >= 0.3 is 0 Å². The molecule has 0 saturated carbocycles. The molecule has 3 aromatic rings. The fourth-order valence-corrected chi connectivity index (χ4v) is 6.15. The third-order valence-corrected chi connectivity index (χ3v) is 8.84. The lowest BCUT2D eigenvalue weighted by Gasteiger charge is -2.33. The number of anilines is 1. The first-order valence-electron chi connectivity index (χ1n) is 12.6. The van der Waals surface area contributed by atoms with E-state index in [1.165, 1.54) is 31.2 Å². The lowest BCUT2D eigenvalue weighted by molar-refractivity contribution is -0.140. The number of amides is 2. The number of nitrogens with one attached hydrogen (secondary N) is 1. The zero-order valence-electron chi connectivity index (χ0n) is 23.1. The number of halogens is 2. The molecule has 0 saturated heterocycles. The minimum absolute atomic E-state index is 0.0140. The maximum atomic E-state index is 14.1. The third-order valence-electron chi connectivity index (χ3n) is 6.48. The number of ether oxygens (including phenoxy) is 1. The maximum Gasteiger partial charge on any atom is 0.264 e. The lowest BCUT2D eigenvalue weighted by Crippen LogP contribution is -2.51. The Hall–Kier alpha value is -3.27. The van der Waals surface area contributed by atoms with Crippen LogP contribution in [0.4, 0.5) is 5.69 Å². The van der Waals surface area contributed by atoms with Gasteiger partial charge in [-0.25, -0.2) is 8.42 Å². The summed E-state index contributed by atoms with van der Waals surface area (Å²) in [7, 11) is -1.32. The summed E-state index contributed by atoms with van der Waals surface area (Å²) < 4.78 is 34.6. The monoisotopic (exact) mass is 605 g/mol. The highest BCUT2D eigenvalue weighted by molar-refractivity contribution is 7.92. The fraction of sp³-hybridized carbons (Fsp3) is 0.310. The van der Waals surface area contributed by atoms with Gasteiger partial charge in [-0.15, -0.1) is 0 Å². The summed E-state index contributed by atoms with van der Waals surface area (Å²) in [4.78, 5) is 28.3. The number of rotatable bonds is 11. The molecule has 0 aliphatic rings. The van der Waals surface area contributed by atoms with Crippen molar-refractivity contribution >= 4 is 50.7 Å². The Balaban J connectivity index is 2.15. The normalized spacial score (nSPS) is 12.0. The van der Waals surface area contributed by atoms with Crippen LogP contribution in [0.25, 0.3) is 0 Å². The van der Waals surface area contributed by atoms with Gasteiger partial charge in [-0.05, 0) is 67.8 Å². The van der Waals surface area contributed by atoms with Gasteiger partial charge < -0.3 is 15.0 Å². The SMILES string of the molecule is CCC(C(=O)NC)N(Cc1ccc(Cl)cc1Cl)C(=O)CN(c1cc(C)ccc1OC)S(=O)(=O)c1ccc(C)cc1. The molecule has 3 rings (SSSR count). The van der Waals surface area contributed by atoms with Crippen LogP contribution in [0.2, 0.25) is 10.0 Å². The average Bonchev–Trinajstić information content (AvgIpc) is 2.92. The molecule has 0 fully saturated rings. The summed E-state index contributed by atoms with van der Waals surface area (Å²) in [5.74, 6) is -0.706. The number of likely N-dealkylation sites (N-methyl/N-ethyl adjacent to an activating group) is 1. The number of carbonyl (C=O) groups excluding carboxylic acids is 2. The van der Waals surface area contributed by atoms with Crippen LogP contribution in [0.1, 0.15) is 30.0 Å². The molecule has 0 aliphatic carbocycles. The molecule has 0 aromatic heterocycles. The number of hydrogen-bond donors (Lipinski definition) is 1. The largest absolute Gasteiger partial charge is 0.495 e. The Morgan fingerprint density at radius 1 is 0.975 bits per heavy atom. The summed E-state index contributed by atoms with van der Waals surface area (Å²) in [6, 6.07) is 15.4. The van der Waals surface area contributed by atoms with E-state index in [0.717, 1.165) is 15.4 Å². The van der Waals surface area contributed by atoms with Gasteiger partial charge in [0.05, 0.1) is 17.7 Å². The van der Waals surface area contributed by atoms with Crippen molar-refractivity contribution in [1.82, 2.24) is 10.2 Å². The van der Waals surface area contributed by atoms with E-state index in [9.17, 15) is 18.0 Å². The standard InChI is InChI=1S/C29H33Cl2N3O5S/c1-6-25(29(36)32-4)33(17-21-10-11-22(30)16-24(21)31)28(35)18-34(26-15-20(3)9-14-27(26)39-5)40(37,38)23-12-7-19(2)8-13-23/h7-16,25H,6,17-18H2,1-5H3,(H,32,36). The number of carbonyl (C=O) groups is 2. The van der Waals surface area contributed by atoms with Gasteiger partial charge in [-0.1, -0.05) is 60.0 Å². The molecule has 214 valence electrons. The predicted octanol–water partition coefficient (Wildman–Crippen LogP) is 5.37. The summed E-state index contributed by atoms with van der Waals surface area (Å²) >= 11 is 12.5. The molecule has 1 atom stereocenters. The highest BCUT2D eigenvalue weighted by atomic mass is 35.5. The number of nitrogens with zero attached hydrogens (tertiary/aromatic N) is 2. The second-order valence-corrected chi connectivity index (χ2v) is 12.0. The van der Waals surface area contributed by atoms with Gasteiger partial charge in [0.15, 0.2) is 0 Å². The van der Waals surface area contributed by atoms with Gasteiger partial charge in [-0.2, -0.15) is 0 Å². The molecule has 3 aromatic carbocycles. The van der Waals surface area contributed by atoms with Crippen LogP contribution in [-0.4, -0.2) is 51.9 Å². The summed E-state index contributed by atoms with van der Waals surface area (Å²) in [6.07, 6.45) is 0.287. The Bertz CT molecular complexity index is 1480. The number of benzene rings is 3. The van der Waals surface area contributed by atoms with E-state index in [0.29, 0.717) is 15.6 Å². The molecule has 0 spiro atoms. The van der Waals surface area contributed by atoms with E-state index in [1.54, 1.807) is 55.5 Å². The summed E-state index contributed by atoms with van der Waals surface area (Å²) in [5.41, 5.74) is 2.42. The number of methoxy groups -OCH3 is 1. The Labute approximate surface area is 245 Å². The van der Waals surface area contributed by atoms with Crippen LogP contribution < -0.4 is 14.4 Å². The fourth-order valence-electron chi connectivity index (χ4n) is 4.27. The molecule has 0 radical (unpaired) electrons. The first-order chi connectivity index (χ1) is 18.9. The van der Waals surface area contributed by atoms with Gasteiger partial charge in [-0.3, -0.25) is 13.9 Å². The third kappa shape index (κ3) is 7.08. The van der Waals surface area contributed by atoms with Crippen LogP contribution >= 0.6 is 23.2 Å². The molecule has 40 heavy (non-hydrogen) atoms. The Morgan fingerprint density at radius 3 is 2.20 bits per heavy atom. The van der Waals surface area contributed by atoms with Crippen LogP contribution in [0.3, 0.4) is 0 Å². The van der Waals surface area contributed by atoms with Crippen LogP contribution in [0, 0.1) is 13.8 Å². The second-order valence-electron chi connectivity index (χ2n) is 9.30. The molecular formula is C29H33Cl2N3O5S. The highest BCUT2D eigenvalue weighted by Crippen LogP contribution is 2.34. The van der Waals surface area contributed by atoms with Crippen molar-refractivity contribution in [2.45, 2.75) is 44.7 Å². The van der Waals surface area contributed by atoms with E-state index in [4.69, 9.17) is 27.9 Å². The minimum Gasteiger partial charge on any atom is -0.495 e.